The lowest BCUT2D eigenvalue weighted by molar-refractivity contribution is 0.102. The Balaban J connectivity index is 1.87. The van der Waals surface area contributed by atoms with Gasteiger partial charge in [-0.25, -0.2) is 8.78 Å². The number of hydrogen-bond donors (Lipinski definition) is 2. The maximum absolute atomic E-state index is 13.1. The summed E-state index contributed by atoms with van der Waals surface area (Å²) in [5, 5.41) is 10.1. The zero-order chi connectivity index (χ0) is 14.1. The first-order valence-electron chi connectivity index (χ1n) is 5.82. The Hall–Kier alpha value is -2.76. The smallest absolute Gasteiger partial charge is 0.255 e. The molecule has 0 radical (unpaired) electrons. The molecule has 0 atom stereocenters. The molecule has 0 unspecified atom stereocenters. The molecule has 4 nitrogen and oxygen atoms in total. The number of nitrogens with zero attached hydrogens (tertiary/aromatic N) is 1. The van der Waals surface area contributed by atoms with Gasteiger partial charge < -0.3 is 5.32 Å². The van der Waals surface area contributed by atoms with Crippen LogP contribution in [0.5, 0.6) is 0 Å². The van der Waals surface area contributed by atoms with Crippen LogP contribution in [-0.2, 0) is 0 Å². The maximum atomic E-state index is 13.1. The van der Waals surface area contributed by atoms with Gasteiger partial charge in [0.1, 0.15) is 11.6 Å². The molecular weight excluding hydrogens is 264 g/mol. The number of anilines is 1. The van der Waals surface area contributed by atoms with Crippen LogP contribution in [0.25, 0.3) is 10.9 Å². The maximum Gasteiger partial charge on any atom is 0.255 e. The van der Waals surface area contributed by atoms with Crippen molar-refractivity contribution in [3.8, 4) is 0 Å². The van der Waals surface area contributed by atoms with Crippen LogP contribution in [0.15, 0.2) is 42.6 Å². The second-order valence-electron chi connectivity index (χ2n) is 4.28. The molecule has 3 aromatic rings. The van der Waals surface area contributed by atoms with E-state index in [1.165, 1.54) is 0 Å². The highest BCUT2D eigenvalue weighted by molar-refractivity contribution is 6.05. The average Bonchev–Trinajstić information content (AvgIpc) is 2.85. The van der Waals surface area contributed by atoms with E-state index in [4.69, 9.17) is 0 Å². The van der Waals surface area contributed by atoms with Crippen LogP contribution in [0.4, 0.5) is 14.5 Å². The summed E-state index contributed by atoms with van der Waals surface area (Å²) in [5.74, 6) is -2.17. The average molecular weight is 273 g/mol. The number of benzene rings is 2. The highest BCUT2D eigenvalue weighted by atomic mass is 19.1. The molecule has 0 fully saturated rings. The second-order valence-corrected chi connectivity index (χ2v) is 4.28. The minimum absolute atomic E-state index is 0.0767. The van der Waals surface area contributed by atoms with Crippen molar-refractivity contribution < 1.29 is 13.6 Å². The van der Waals surface area contributed by atoms with Crippen LogP contribution >= 0.6 is 0 Å². The third kappa shape index (κ3) is 2.35. The van der Waals surface area contributed by atoms with Gasteiger partial charge in [0.25, 0.3) is 5.91 Å². The molecule has 0 saturated carbocycles. The van der Waals surface area contributed by atoms with Gasteiger partial charge in [-0.05, 0) is 30.3 Å². The first-order chi connectivity index (χ1) is 9.61. The fourth-order valence-corrected chi connectivity index (χ4v) is 1.90. The van der Waals surface area contributed by atoms with Gasteiger partial charge in [0.15, 0.2) is 0 Å². The van der Waals surface area contributed by atoms with Gasteiger partial charge in [-0.3, -0.25) is 9.89 Å². The Morgan fingerprint density at radius 3 is 2.60 bits per heavy atom. The number of aromatic nitrogens is 2. The minimum atomic E-state index is -0.792. The third-order valence-corrected chi connectivity index (χ3v) is 2.82. The van der Waals surface area contributed by atoms with Crippen molar-refractivity contribution in [2.24, 2.45) is 0 Å². The quantitative estimate of drug-likeness (QED) is 0.753. The van der Waals surface area contributed by atoms with Crippen molar-refractivity contribution in [1.82, 2.24) is 10.2 Å². The Bertz CT molecular complexity index is 778. The van der Waals surface area contributed by atoms with Gasteiger partial charge in [-0.15, -0.1) is 0 Å². The van der Waals surface area contributed by atoms with Crippen LogP contribution in [-0.4, -0.2) is 16.1 Å². The van der Waals surface area contributed by atoms with Crippen LogP contribution in [0.3, 0.4) is 0 Å². The number of hydrogen-bond acceptors (Lipinski definition) is 2. The second kappa shape index (κ2) is 4.73. The Morgan fingerprint density at radius 1 is 1.10 bits per heavy atom. The first kappa shape index (κ1) is 12.3. The van der Waals surface area contributed by atoms with Crippen molar-refractivity contribution in [2.45, 2.75) is 0 Å². The molecule has 2 N–H and O–H groups in total. The molecule has 0 bridgehead atoms. The van der Waals surface area contributed by atoms with E-state index in [1.54, 1.807) is 24.4 Å². The number of halogens is 2. The monoisotopic (exact) mass is 273 g/mol. The van der Waals surface area contributed by atoms with E-state index in [2.05, 4.69) is 15.5 Å². The number of carbonyl (C=O) groups is 1. The van der Waals surface area contributed by atoms with E-state index in [0.29, 0.717) is 11.8 Å². The summed E-state index contributed by atoms with van der Waals surface area (Å²) in [6.07, 6.45) is 1.66. The number of rotatable bonds is 2. The number of H-pyrrole nitrogens is 1. The molecule has 0 aliphatic heterocycles. The van der Waals surface area contributed by atoms with Gasteiger partial charge in [-0.1, -0.05) is 0 Å². The lowest BCUT2D eigenvalue weighted by Gasteiger charge is -2.05. The van der Waals surface area contributed by atoms with Crippen LogP contribution < -0.4 is 5.32 Å². The molecule has 6 heteroatoms. The number of amides is 1. The SMILES string of the molecule is O=C(Nc1ccc2cn[nH]c2c1)c1cc(F)cc(F)c1. The summed E-state index contributed by atoms with van der Waals surface area (Å²) >= 11 is 0. The van der Waals surface area contributed by atoms with Crippen LogP contribution in [0.2, 0.25) is 0 Å². The Labute approximate surface area is 112 Å². The highest BCUT2D eigenvalue weighted by Crippen LogP contribution is 2.17. The summed E-state index contributed by atoms with van der Waals surface area (Å²) in [6, 6.07) is 7.83. The van der Waals surface area contributed by atoms with Gasteiger partial charge in [-0.2, -0.15) is 5.10 Å². The lowest BCUT2D eigenvalue weighted by Crippen LogP contribution is -2.12. The number of nitrogens with one attached hydrogen (secondary N) is 2. The van der Waals surface area contributed by atoms with E-state index in [0.717, 1.165) is 23.0 Å². The largest absolute Gasteiger partial charge is 0.322 e. The molecule has 0 spiro atoms. The van der Waals surface area contributed by atoms with Crippen molar-refractivity contribution in [3.05, 3.63) is 59.8 Å². The Morgan fingerprint density at radius 2 is 1.85 bits per heavy atom. The molecule has 20 heavy (non-hydrogen) atoms. The zero-order valence-corrected chi connectivity index (χ0v) is 10.2. The molecule has 100 valence electrons. The van der Waals surface area contributed by atoms with E-state index in [-0.39, 0.29) is 5.56 Å². The van der Waals surface area contributed by atoms with Crippen molar-refractivity contribution in [3.63, 3.8) is 0 Å². The third-order valence-electron chi connectivity index (χ3n) is 2.82. The number of aromatic amines is 1. The molecule has 0 aliphatic carbocycles. The molecule has 1 amide bonds. The van der Waals surface area contributed by atoms with E-state index < -0.39 is 17.5 Å². The van der Waals surface area contributed by atoms with Gasteiger partial charge in [0.2, 0.25) is 0 Å². The zero-order valence-electron chi connectivity index (χ0n) is 10.2. The first-order valence-corrected chi connectivity index (χ1v) is 5.82. The van der Waals surface area contributed by atoms with Crippen molar-refractivity contribution in [2.75, 3.05) is 5.32 Å². The van der Waals surface area contributed by atoms with Gasteiger partial charge >= 0.3 is 0 Å². The lowest BCUT2D eigenvalue weighted by atomic mass is 10.2. The van der Waals surface area contributed by atoms with Crippen molar-refractivity contribution >= 4 is 22.5 Å². The fourth-order valence-electron chi connectivity index (χ4n) is 1.90. The summed E-state index contributed by atoms with van der Waals surface area (Å²) in [5.41, 5.74) is 1.19. The molecule has 0 aliphatic rings. The van der Waals surface area contributed by atoms with Gasteiger partial charge in [0.05, 0.1) is 11.7 Å². The number of fused-ring (bicyclic) bond motifs is 1. The topological polar surface area (TPSA) is 57.8 Å². The fraction of sp³-hybridized carbons (Fsp3) is 0. The summed E-state index contributed by atoms with van der Waals surface area (Å²) in [7, 11) is 0. The predicted molar refractivity (Wildman–Crippen MR) is 70.4 cm³/mol. The summed E-state index contributed by atoms with van der Waals surface area (Å²) in [4.78, 5) is 11.9. The molecular formula is C14H9F2N3O. The summed E-state index contributed by atoms with van der Waals surface area (Å²) in [6.45, 7) is 0. The van der Waals surface area contributed by atoms with E-state index >= 15 is 0 Å². The standard InChI is InChI=1S/C14H9F2N3O/c15-10-3-9(4-11(16)5-10)14(20)18-12-2-1-8-7-17-19-13(8)6-12/h1-7H,(H,17,19)(H,18,20). The van der Waals surface area contributed by atoms with Crippen LogP contribution in [0, 0.1) is 11.6 Å². The molecule has 1 aromatic heterocycles. The minimum Gasteiger partial charge on any atom is -0.322 e. The molecule has 3 rings (SSSR count). The molecule has 1 heterocycles. The normalized spacial score (nSPS) is 10.7. The van der Waals surface area contributed by atoms with Gasteiger partial charge in [0, 0.05) is 22.7 Å². The Kier molecular flexibility index (Phi) is 2.90. The van der Waals surface area contributed by atoms with Crippen molar-refractivity contribution in [1.29, 1.82) is 0 Å². The van der Waals surface area contributed by atoms with E-state index in [9.17, 15) is 13.6 Å². The molecule has 2 aromatic carbocycles. The molecule has 0 saturated heterocycles. The number of carbonyl (C=O) groups excluding carboxylic acids is 1. The predicted octanol–water partition coefficient (Wildman–Crippen LogP) is 3.09. The highest BCUT2D eigenvalue weighted by Gasteiger charge is 2.10. The van der Waals surface area contributed by atoms with E-state index in [1.807, 2.05) is 0 Å². The summed E-state index contributed by atoms with van der Waals surface area (Å²) < 4.78 is 26.1. The van der Waals surface area contributed by atoms with Crippen LogP contribution in [0.1, 0.15) is 10.4 Å².